The van der Waals surface area contributed by atoms with Gasteiger partial charge in [-0.2, -0.15) is 5.10 Å². The number of fused-ring (bicyclic) bond motifs is 1. The quantitative estimate of drug-likeness (QED) is 0.486. The average molecular weight is 449 g/mol. The predicted octanol–water partition coefficient (Wildman–Crippen LogP) is 2.03. The number of anilines is 2. The summed E-state index contributed by atoms with van der Waals surface area (Å²) in [5, 5.41) is 15.4. The van der Waals surface area contributed by atoms with Crippen LogP contribution in [-0.2, 0) is 4.79 Å². The third kappa shape index (κ3) is 3.94. The Morgan fingerprint density at radius 3 is 2.67 bits per heavy atom. The maximum atomic E-state index is 14.1. The van der Waals surface area contributed by atoms with E-state index in [-0.39, 0.29) is 23.6 Å². The Labute approximate surface area is 189 Å². The molecule has 3 unspecified atom stereocenters. The van der Waals surface area contributed by atoms with Gasteiger partial charge < -0.3 is 10.6 Å². The van der Waals surface area contributed by atoms with Crippen LogP contribution in [0.25, 0.3) is 0 Å². The molecule has 33 heavy (non-hydrogen) atoms. The van der Waals surface area contributed by atoms with Gasteiger partial charge in [0, 0.05) is 12.6 Å². The number of benzene rings is 2. The molecule has 0 radical (unpaired) electrons. The van der Waals surface area contributed by atoms with Gasteiger partial charge in [-0.05, 0) is 38.1 Å². The number of carbonyl (C=O) groups excluding carboxylic acids is 2. The normalized spacial score (nSPS) is 22.1. The van der Waals surface area contributed by atoms with Gasteiger partial charge in [0.15, 0.2) is 6.29 Å². The number of hydrogen-bond acceptors (Lipinski definition) is 6. The van der Waals surface area contributed by atoms with Crippen LogP contribution >= 0.6 is 0 Å². The van der Waals surface area contributed by atoms with Crippen molar-refractivity contribution in [2.24, 2.45) is 5.92 Å². The number of nitrogens with one attached hydrogen (secondary N) is 4. The fourth-order valence-corrected chi connectivity index (χ4v) is 4.18. The molecule has 0 saturated carbocycles. The molecule has 5 rings (SSSR count). The molecule has 1 aromatic heterocycles. The maximum absolute atomic E-state index is 14.1. The van der Waals surface area contributed by atoms with E-state index in [1.54, 1.807) is 19.1 Å². The highest BCUT2D eigenvalue weighted by Crippen LogP contribution is 2.28. The van der Waals surface area contributed by atoms with Crippen molar-refractivity contribution < 1.29 is 14.0 Å². The van der Waals surface area contributed by atoms with Gasteiger partial charge in [-0.3, -0.25) is 19.9 Å². The molecule has 2 aliphatic heterocycles. The Hall–Kier alpha value is -3.76. The molecule has 10 heteroatoms. The number of nitrogens with zero attached hydrogens (tertiary/aromatic N) is 3. The van der Waals surface area contributed by atoms with Gasteiger partial charge in [0.05, 0.1) is 22.9 Å². The average Bonchev–Trinajstić information content (AvgIpc) is 3.38. The van der Waals surface area contributed by atoms with Crippen LogP contribution in [0.15, 0.2) is 54.6 Å². The summed E-state index contributed by atoms with van der Waals surface area (Å²) in [6.45, 7) is 4.28. The fraction of sp³-hybridized carbons (Fsp3) is 0.261. The topological polar surface area (TPSA) is 103 Å². The SMILES string of the molecule is Cc1ccc(N2NCC3C(=O)NC(n4nc(C)cc4NC(=O)c4ccccc4F)NC32)cc1. The zero-order valence-electron chi connectivity index (χ0n) is 18.2. The summed E-state index contributed by atoms with van der Waals surface area (Å²) in [6.07, 6.45) is -1.04. The third-order valence-electron chi connectivity index (χ3n) is 5.86. The number of aryl methyl sites for hydroxylation is 2. The minimum absolute atomic E-state index is 0.0749. The van der Waals surface area contributed by atoms with E-state index in [1.807, 2.05) is 36.2 Å². The lowest BCUT2D eigenvalue weighted by molar-refractivity contribution is -0.129. The number of hydrogen-bond donors (Lipinski definition) is 4. The number of rotatable bonds is 4. The minimum atomic E-state index is -0.712. The van der Waals surface area contributed by atoms with E-state index >= 15 is 0 Å². The van der Waals surface area contributed by atoms with E-state index in [9.17, 15) is 14.0 Å². The lowest BCUT2D eigenvalue weighted by Gasteiger charge is -2.37. The molecule has 3 atom stereocenters. The molecular formula is C23H24FN7O2. The van der Waals surface area contributed by atoms with Crippen molar-refractivity contribution in [2.45, 2.75) is 26.3 Å². The van der Waals surface area contributed by atoms with Crippen LogP contribution in [0.2, 0.25) is 0 Å². The van der Waals surface area contributed by atoms with E-state index in [4.69, 9.17) is 0 Å². The van der Waals surface area contributed by atoms with Crippen LogP contribution in [0.1, 0.15) is 27.9 Å². The molecule has 2 saturated heterocycles. The van der Waals surface area contributed by atoms with Crippen molar-refractivity contribution in [3.8, 4) is 0 Å². The van der Waals surface area contributed by atoms with Gasteiger partial charge in [0.1, 0.15) is 17.8 Å². The van der Waals surface area contributed by atoms with Gasteiger partial charge in [-0.1, -0.05) is 29.8 Å². The minimum Gasteiger partial charge on any atom is -0.321 e. The zero-order valence-corrected chi connectivity index (χ0v) is 18.2. The van der Waals surface area contributed by atoms with Crippen molar-refractivity contribution >= 4 is 23.3 Å². The van der Waals surface area contributed by atoms with Crippen molar-refractivity contribution in [3.05, 3.63) is 77.2 Å². The summed E-state index contributed by atoms with van der Waals surface area (Å²) >= 11 is 0. The van der Waals surface area contributed by atoms with E-state index in [1.165, 1.54) is 22.9 Å². The lowest BCUT2D eigenvalue weighted by Crippen LogP contribution is -2.61. The standard InChI is InChI=1S/C23H24FN7O2/c1-13-7-9-15(10-8-13)30-20-17(12-25-30)22(33)28-23(27-20)31-19(11-14(2)29-31)26-21(32)16-5-3-4-6-18(16)24/h3-11,17,20,23,25,27H,12H2,1-2H3,(H,26,32)(H,28,33). The number of carbonyl (C=O) groups is 2. The Morgan fingerprint density at radius 1 is 1.15 bits per heavy atom. The molecule has 3 heterocycles. The Bertz CT molecular complexity index is 1210. The Kier molecular flexibility index (Phi) is 5.31. The van der Waals surface area contributed by atoms with Crippen molar-refractivity contribution in [3.63, 3.8) is 0 Å². The zero-order chi connectivity index (χ0) is 23.1. The molecule has 170 valence electrons. The second kappa shape index (κ2) is 8.30. The molecule has 2 aliphatic rings. The van der Waals surface area contributed by atoms with Crippen LogP contribution in [0, 0.1) is 25.6 Å². The largest absolute Gasteiger partial charge is 0.321 e. The third-order valence-corrected chi connectivity index (χ3v) is 5.86. The summed E-state index contributed by atoms with van der Waals surface area (Å²) in [4.78, 5) is 25.6. The first-order chi connectivity index (χ1) is 15.9. The first kappa shape index (κ1) is 21.1. The molecule has 2 fully saturated rings. The molecular weight excluding hydrogens is 425 g/mol. The van der Waals surface area contributed by atoms with Crippen LogP contribution in [0.4, 0.5) is 15.9 Å². The molecule has 9 nitrogen and oxygen atoms in total. The highest BCUT2D eigenvalue weighted by molar-refractivity contribution is 6.04. The van der Waals surface area contributed by atoms with Crippen LogP contribution in [0.3, 0.4) is 0 Å². The molecule has 2 amide bonds. The first-order valence-corrected chi connectivity index (χ1v) is 10.7. The maximum Gasteiger partial charge on any atom is 0.259 e. The van der Waals surface area contributed by atoms with Crippen molar-refractivity contribution in [1.82, 2.24) is 25.8 Å². The monoisotopic (exact) mass is 449 g/mol. The second-order valence-electron chi connectivity index (χ2n) is 8.25. The summed E-state index contributed by atoms with van der Waals surface area (Å²) in [6, 6.07) is 15.4. The van der Waals surface area contributed by atoms with Gasteiger partial charge in [0.2, 0.25) is 5.91 Å². The highest BCUT2D eigenvalue weighted by Gasteiger charge is 2.45. The molecule has 3 aromatic rings. The number of aromatic nitrogens is 2. The fourth-order valence-electron chi connectivity index (χ4n) is 4.18. The highest BCUT2D eigenvalue weighted by atomic mass is 19.1. The summed E-state index contributed by atoms with van der Waals surface area (Å²) in [5.74, 6) is -1.32. The van der Waals surface area contributed by atoms with Crippen LogP contribution in [-0.4, -0.2) is 34.3 Å². The molecule has 0 spiro atoms. The van der Waals surface area contributed by atoms with E-state index < -0.39 is 18.0 Å². The van der Waals surface area contributed by atoms with Crippen molar-refractivity contribution in [2.75, 3.05) is 16.9 Å². The Morgan fingerprint density at radius 2 is 1.91 bits per heavy atom. The van der Waals surface area contributed by atoms with Crippen molar-refractivity contribution in [1.29, 1.82) is 0 Å². The number of amides is 2. The molecule has 2 aromatic carbocycles. The van der Waals surface area contributed by atoms with Gasteiger partial charge >= 0.3 is 0 Å². The van der Waals surface area contributed by atoms with Crippen LogP contribution < -0.4 is 26.4 Å². The summed E-state index contributed by atoms with van der Waals surface area (Å²) in [7, 11) is 0. The summed E-state index contributed by atoms with van der Waals surface area (Å²) < 4.78 is 15.6. The van der Waals surface area contributed by atoms with Gasteiger partial charge in [0.25, 0.3) is 5.91 Å². The second-order valence-corrected chi connectivity index (χ2v) is 8.25. The number of hydrazine groups is 1. The van der Waals surface area contributed by atoms with E-state index in [0.29, 0.717) is 18.1 Å². The first-order valence-electron chi connectivity index (χ1n) is 10.7. The van der Waals surface area contributed by atoms with Gasteiger partial charge in [-0.15, -0.1) is 0 Å². The smallest absolute Gasteiger partial charge is 0.259 e. The van der Waals surface area contributed by atoms with E-state index in [0.717, 1.165) is 11.3 Å². The van der Waals surface area contributed by atoms with Gasteiger partial charge in [-0.25, -0.2) is 14.5 Å². The van der Waals surface area contributed by atoms with E-state index in [2.05, 4.69) is 26.5 Å². The number of halogens is 1. The molecule has 4 N–H and O–H groups in total. The lowest BCUT2D eigenvalue weighted by atomic mass is 10.0. The van der Waals surface area contributed by atoms with Crippen LogP contribution in [0.5, 0.6) is 0 Å². The summed E-state index contributed by atoms with van der Waals surface area (Å²) in [5.41, 5.74) is 5.92. The Balaban J connectivity index is 1.41. The molecule has 0 bridgehead atoms. The predicted molar refractivity (Wildman–Crippen MR) is 121 cm³/mol. The molecule has 0 aliphatic carbocycles.